The van der Waals surface area contributed by atoms with Gasteiger partial charge < -0.3 is 20.4 Å². The van der Waals surface area contributed by atoms with Gasteiger partial charge >= 0.3 is 11.9 Å². The summed E-state index contributed by atoms with van der Waals surface area (Å²) in [6, 6.07) is 2.70. The molecule has 4 N–H and O–H groups in total. The highest BCUT2D eigenvalue weighted by Gasteiger charge is 2.38. The fourth-order valence-electron chi connectivity index (χ4n) is 1.83. The molecular weight excluding hydrogens is 344 g/mol. The number of aliphatic hydroxyl groups is 2. The summed E-state index contributed by atoms with van der Waals surface area (Å²) < 4.78 is 28.2. The van der Waals surface area contributed by atoms with E-state index in [4.69, 9.17) is 19.8 Å². The van der Waals surface area contributed by atoms with Crippen molar-refractivity contribution in [2.24, 2.45) is 0 Å². The molecule has 11 heteroatoms. The van der Waals surface area contributed by atoms with E-state index in [1.807, 2.05) is 0 Å². The molecule has 0 aliphatic heterocycles. The van der Waals surface area contributed by atoms with Gasteiger partial charge in [-0.15, -0.1) is 0 Å². The van der Waals surface area contributed by atoms with Crippen LogP contribution in [0.5, 0.6) is 0 Å². The highest BCUT2D eigenvalue weighted by molar-refractivity contribution is 6.27. The Hall–Kier alpha value is -2.92. The van der Waals surface area contributed by atoms with Gasteiger partial charge in [0.15, 0.2) is 0 Å². The zero-order valence-electron chi connectivity index (χ0n) is 12.9. The number of nitrogens with zero attached hydrogens (tertiary/aromatic N) is 3. The lowest BCUT2D eigenvalue weighted by atomic mass is 9.88. The van der Waals surface area contributed by atoms with E-state index in [-0.39, 0.29) is 12.1 Å². The smallest absolute Gasteiger partial charge is 0.414 e. The monoisotopic (exact) mass is 359 g/mol. The molecule has 0 aliphatic rings. The molecule has 136 valence electrons. The van der Waals surface area contributed by atoms with Gasteiger partial charge in [-0.05, 0) is 25.1 Å². The fourth-order valence-corrected chi connectivity index (χ4v) is 1.83. The van der Waals surface area contributed by atoms with E-state index in [9.17, 15) is 19.0 Å². The molecule has 1 aromatic carbocycles. The number of aliphatic carboxylic acids is 2. The SMILES string of the molecule is C[C@@H](O)[C@](O)(Cn1cncn1)c1cc(F)ccc1F.O=C(O)C(=O)O. The second kappa shape index (κ2) is 8.26. The quantitative estimate of drug-likeness (QED) is 0.557. The van der Waals surface area contributed by atoms with Crippen molar-refractivity contribution < 1.29 is 38.8 Å². The maximum atomic E-state index is 13.8. The largest absolute Gasteiger partial charge is 0.473 e. The molecule has 25 heavy (non-hydrogen) atoms. The summed E-state index contributed by atoms with van der Waals surface area (Å²) in [5.41, 5.74) is -2.32. The Morgan fingerprint density at radius 3 is 2.32 bits per heavy atom. The van der Waals surface area contributed by atoms with Gasteiger partial charge in [0.1, 0.15) is 29.9 Å². The first-order valence-corrected chi connectivity index (χ1v) is 6.72. The predicted octanol–water partition coefficient (Wildman–Crippen LogP) is -0.0195. The lowest BCUT2D eigenvalue weighted by molar-refractivity contribution is -0.159. The average Bonchev–Trinajstić information content (AvgIpc) is 3.02. The molecule has 0 unspecified atom stereocenters. The molecule has 0 amide bonds. The van der Waals surface area contributed by atoms with E-state index >= 15 is 0 Å². The average molecular weight is 359 g/mol. The fraction of sp³-hybridized carbons (Fsp3) is 0.286. The van der Waals surface area contributed by atoms with Crippen molar-refractivity contribution in [3.63, 3.8) is 0 Å². The van der Waals surface area contributed by atoms with Gasteiger partial charge in [-0.1, -0.05) is 0 Å². The van der Waals surface area contributed by atoms with E-state index in [0.717, 1.165) is 18.2 Å². The highest BCUT2D eigenvalue weighted by Crippen LogP contribution is 2.29. The van der Waals surface area contributed by atoms with E-state index in [1.165, 1.54) is 24.3 Å². The second-order valence-electron chi connectivity index (χ2n) is 4.93. The number of hydrogen-bond donors (Lipinski definition) is 4. The number of carboxylic acids is 2. The van der Waals surface area contributed by atoms with Gasteiger partial charge in [-0.3, -0.25) is 0 Å². The standard InChI is InChI=1S/C12H13F2N3O2.C2H2O4/c1-8(18)12(19,5-17-7-15-6-16-17)10-4-9(13)2-3-11(10)14;3-1(4)2(5)6/h2-4,6-8,18-19H,5H2,1H3;(H,3,4)(H,5,6)/t8-,12-;/m1./s1. The molecule has 0 aliphatic carbocycles. The third-order valence-electron chi connectivity index (χ3n) is 3.14. The Morgan fingerprint density at radius 2 is 1.88 bits per heavy atom. The number of halogens is 2. The van der Waals surface area contributed by atoms with Crippen LogP contribution in [0.1, 0.15) is 12.5 Å². The Balaban J connectivity index is 0.000000450. The summed E-state index contributed by atoms with van der Waals surface area (Å²) in [5, 5.41) is 38.8. The highest BCUT2D eigenvalue weighted by atomic mass is 19.1. The number of aliphatic hydroxyl groups excluding tert-OH is 1. The first-order chi connectivity index (χ1) is 11.6. The van der Waals surface area contributed by atoms with Crippen LogP contribution in [0, 0.1) is 11.6 Å². The molecule has 2 aromatic rings. The maximum Gasteiger partial charge on any atom is 0.414 e. The van der Waals surface area contributed by atoms with Crippen LogP contribution in [-0.4, -0.2) is 53.2 Å². The first-order valence-electron chi connectivity index (χ1n) is 6.72. The molecule has 0 fully saturated rings. The molecule has 9 nitrogen and oxygen atoms in total. The summed E-state index contributed by atoms with van der Waals surface area (Å²) in [5.74, 6) is -5.15. The van der Waals surface area contributed by atoms with E-state index in [1.54, 1.807) is 0 Å². The third-order valence-corrected chi connectivity index (χ3v) is 3.14. The van der Waals surface area contributed by atoms with E-state index in [2.05, 4.69) is 10.1 Å². The topological polar surface area (TPSA) is 146 Å². The van der Waals surface area contributed by atoms with Gasteiger partial charge in [0.25, 0.3) is 0 Å². The van der Waals surface area contributed by atoms with Crippen molar-refractivity contribution in [2.45, 2.75) is 25.2 Å². The van der Waals surface area contributed by atoms with Crippen molar-refractivity contribution in [3.05, 3.63) is 48.1 Å². The summed E-state index contributed by atoms with van der Waals surface area (Å²) in [6.07, 6.45) is 1.22. The minimum atomic E-state index is -2.00. The zero-order valence-corrected chi connectivity index (χ0v) is 12.9. The number of aromatic nitrogens is 3. The molecule has 1 heterocycles. The molecule has 0 saturated heterocycles. The molecule has 0 radical (unpaired) electrons. The van der Waals surface area contributed by atoms with E-state index in [0.29, 0.717) is 0 Å². The lowest BCUT2D eigenvalue weighted by Gasteiger charge is -2.31. The number of carbonyl (C=O) groups is 2. The van der Waals surface area contributed by atoms with Crippen LogP contribution in [0.15, 0.2) is 30.9 Å². The Kier molecular flexibility index (Phi) is 6.65. The number of hydrogen-bond acceptors (Lipinski definition) is 6. The lowest BCUT2D eigenvalue weighted by Crippen LogP contribution is -2.42. The van der Waals surface area contributed by atoms with Crippen molar-refractivity contribution in [1.29, 1.82) is 0 Å². The van der Waals surface area contributed by atoms with Crippen molar-refractivity contribution in [2.75, 3.05) is 0 Å². The summed E-state index contributed by atoms with van der Waals surface area (Å²) in [6.45, 7) is 1.05. The maximum absolute atomic E-state index is 13.8. The van der Waals surface area contributed by atoms with Crippen LogP contribution in [0.3, 0.4) is 0 Å². The van der Waals surface area contributed by atoms with Crippen LogP contribution >= 0.6 is 0 Å². The molecular formula is C14H15F2N3O6. The van der Waals surface area contributed by atoms with E-state index < -0.39 is 35.3 Å². The van der Waals surface area contributed by atoms with Crippen molar-refractivity contribution in [1.82, 2.24) is 14.8 Å². The zero-order chi connectivity index (χ0) is 19.2. The molecule has 0 bridgehead atoms. The summed E-state index contributed by atoms with van der Waals surface area (Å²) in [7, 11) is 0. The second-order valence-corrected chi connectivity index (χ2v) is 4.93. The summed E-state index contributed by atoms with van der Waals surface area (Å²) >= 11 is 0. The van der Waals surface area contributed by atoms with Gasteiger partial charge in [0.2, 0.25) is 0 Å². The van der Waals surface area contributed by atoms with Crippen LogP contribution < -0.4 is 0 Å². The van der Waals surface area contributed by atoms with Gasteiger partial charge in [-0.2, -0.15) is 5.10 Å². The van der Waals surface area contributed by atoms with Crippen LogP contribution in [0.25, 0.3) is 0 Å². The predicted molar refractivity (Wildman–Crippen MR) is 77.2 cm³/mol. The Morgan fingerprint density at radius 1 is 1.28 bits per heavy atom. The van der Waals surface area contributed by atoms with Gasteiger partial charge in [-0.25, -0.2) is 28.0 Å². The number of rotatable bonds is 4. The molecule has 2 rings (SSSR count). The van der Waals surface area contributed by atoms with Crippen LogP contribution in [0.4, 0.5) is 8.78 Å². The molecule has 0 saturated carbocycles. The third kappa shape index (κ3) is 5.29. The van der Waals surface area contributed by atoms with Gasteiger partial charge in [0, 0.05) is 5.56 Å². The molecule has 1 aromatic heterocycles. The Labute approximate surface area is 139 Å². The van der Waals surface area contributed by atoms with Crippen LogP contribution in [0.2, 0.25) is 0 Å². The van der Waals surface area contributed by atoms with Gasteiger partial charge in [0.05, 0.1) is 12.6 Å². The normalized spacial score (nSPS) is 14.0. The summed E-state index contributed by atoms with van der Waals surface area (Å²) in [4.78, 5) is 21.9. The first kappa shape index (κ1) is 20.1. The van der Waals surface area contributed by atoms with Crippen molar-refractivity contribution in [3.8, 4) is 0 Å². The molecule has 0 spiro atoms. The van der Waals surface area contributed by atoms with Crippen LogP contribution in [-0.2, 0) is 21.7 Å². The minimum Gasteiger partial charge on any atom is -0.473 e. The minimum absolute atomic E-state index is 0.245. The molecule has 2 atom stereocenters. The number of carboxylic acid groups (broad SMARTS) is 2. The Bertz CT molecular complexity index is 726. The van der Waals surface area contributed by atoms with Crippen molar-refractivity contribution >= 4 is 11.9 Å². The number of benzene rings is 1.